The molecule has 0 unspecified atom stereocenters. The molecule has 2 N–H and O–H groups in total. The number of nitrogens with one attached hydrogen (secondary N) is 2. The molecule has 1 saturated heterocycles. The molecule has 1 aromatic carbocycles. The standard InChI is InChI=1S/C25H29N5O3/c31-22-6-5-19-14-20(13-18-3-2-10-30(22)23(18)19)28-25(33)24(32)27-15-17-7-11-29(12-8-17)21-4-1-9-26-16-21/h1,4,9,13-14,16-17H,2-3,5-8,10-12,15H2,(H,27,32)(H,28,33). The zero-order valence-corrected chi connectivity index (χ0v) is 18.7. The molecule has 3 aliphatic heterocycles. The highest BCUT2D eigenvalue weighted by Gasteiger charge is 2.30. The van der Waals surface area contributed by atoms with Crippen LogP contribution in [0, 0.1) is 5.92 Å². The Bertz CT molecular complexity index is 1050. The quantitative estimate of drug-likeness (QED) is 0.702. The molecule has 0 aliphatic carbocycles. The van der Waals surface area contributed by atoms with Crippen molar-refractivity contribution in [2.24, 2.45) is 5.92 Å². The van der Waals surface area contributed by atoms with Crippen molar-refractivity contribution in [3.8, 4) is 0 Å². The first-order valence-corrected chi connectivity index (χ1v) is 11.8. The number of rotatable bonds is 4. The SMILES string of the molecule is O=C(NCC1CCN(c2cccnc2)CC1)C(=O)Nc1cc2c3c(c1)CCC(=O)N3CCC2. The van der Waals surface area contributed by atoms with Gasteiger partial charge in [0.25, 0.3) is 0 Å². The van der Waals surface area contributed by atoms with Gasteiger partial charge in [0.1, 0.15) is 0 Å². The molecular weight excluding hydrogens is 418 g/mol. The summed E-state index contributed by atoms with van der Waals surface area (Å²) >= 11 is 0. The normalized spacial score (nSPS) is 18.0. The molecular formula is C25H29N5O3. The molecule has 8 heteroatoms. The van der Waals surface area contributed by atoms with E-state index in [9.17, 15) is 14.4 Å². The molecule has 3 amide bonds. The van der Waals surface area contributed by atoms with Crippen LogP contribution in [0.2, 0.25) is 0 Å². The monoisotopic (exact) mass is 447 g/mol. The van der Waals surface area contributed by atoms with E-state index in [1.807, 2.05) is 29.3 Å². The van der Waals surface area contributed by atoms with Gasteiger partial charge in [0, 0.05) is 44.5 Å². The Morgan fingerprint density at radius 3 is 2.58 bits per heavy atom. The maximum Gasteiger partial charge on any atom is 0.313 e. The number of aromatic nitrogens is 1. The van der Waals surface area contributed by atoms with Gasteiger partial charge < -0.3 is 20.4 Å². The Hall–Kier alpha value is -3.42. The molecule has 5 rings (SSSR count). The van der Waals surface area contributed by atoms with E-state index in [4.69, 9.17) is 0 Å². The van der Waals surface area contributed by atoms with Crippen LogP contribution >= 0.6 is 0 Å². The van der Waals surface area contributed by atoms with Crippen LogP contribution in [-0.2, 0) is 27.2 Å². The predicted octanol–water partition coefficient (Wildman–Crippen LogP) is 2.28. The lowest BCUT2D eigenvalue weighted by Gasteiger charge is -2.35. The van der Waals surface area contributed by atoms with Crippen LogP contribution in [0.1, 0.15) is 36.8 Å². The first-order valence-electron chi connectivity index (χ1n) is 11.8. The number of amides is 3. The largest absolute Gasteiger partial charge is 0.370 e. The van der Waals surface area contributed by atoms with Gasteiger partial charge in [-0.1, -0.05) is 0 Å². The molecule has 33 heavy (non-hydrogen) atoms. The van der Waals surface area contributed by atoms with Crippen molar-refractivity contribution in [1.82, 2.24) is 10.3 Å². The zero-order valence-electron chi connectivity index (χ0n) is 18.7. The topological polar surface area (TPSA) is 94.6 Å². The molecule has 0 saturated carbocycles. The molecule has 3 aliphatic rings. The number of benzene rings is 1. The predicted molar refractivity (Wildman–Crippen MR) is 126 cm³/mol. The Morgan fingerprint density at radius 2 is 1.82 bits per heavy atom. The van der Waals surface area contributed by atoms with Gasteiger partial charge in [0.05, 0.1) is 17.6 Å². The lowest BCUT2D eigenvalue weighted by molar-refractivity contribution is -0.136. The van der Waals surface area contributed by atoms with Crippen molar-refractivity contribution >= 4 is 34.8 Å². The molecule has 2 aromatic rings. The number of carbonyl (C=O) groups is 3. The first kappa shape index (κ1) is 21.4. The van der Waals surface area contributed by atoms with Crippen LogP contribution in [0.4, 0.5) is 17.1 Å². The Labute approximate surface area is 193 Å². The van der Waals surface area contributed by atoms with Crippen molar-refractivity contribution in [1.29, 1.82) is 0 Å². The Kier molecular flexibility index (Phi) is 5.98. The van der Waals surface area contributed by atoms with Crippen LogP contribution in [0.5, 0.6) is 0 Å². The summed E-state index contributed by atoms with van der Waals surface area (Å²) in [4.78, 5) is 45.5. The van der Waals surface area contributed by atoms with E-state index in [2.05, 4.69) is 26.6 Å². The summed E-state index contributed by atoms with van der Waals surface area (Å²) in [6.07, 6.45) is 8.51. The number of aryl methyl sites for hydroxylation is 2. The van der Waals surface area contributed by atoms with E-state index >= 15 is 0 Å². The van der Waals surface area contributed by atoms with E-state index in [0.717, 1.165) is 67.8 Å². The second-order valence-electron chi connectivity index (χ2n) is 9.10. The molecule has 0 radical (unpaired) electrons. The summed E-state index contributed by atoms with van der Waals surface area (Å²) < 4.78 is 0. The van der Waals surface area contributed by atoms with Crippen LogP contribution < -0.4 is 20.4 Å². The summed E-state index contributed by atoms with van der Waals surface area (Å²) in [5.41, 5.74) is 4.91. The second kappa shape index (κ2) is 9.21. The third-order valence-corrected chi connectivity index (χ3v) is 6.92. The van der Waals surface area contributed by atoms with Gasteiger partial charge in [-0.15, -0.1) is 0 Å². The smallest absolute Gasteiger partial charge is 0.313 e. The molecule has 8 nitrogen and oxygen atoms in total. The van der Waals surface area contributed by atoms with Gasteiger partial charge in [0.2, 0.25) is 5.91 Å². The third kappa shape index (κ3) is 4.55. The summed E-state index contributed by atoms with van der Waals surface area (Å²) in [7, 11) is 0. The minimum Gasteiger partial charge on any atom is -0.370 e. The molecule has 1 fully saturated rings. The van der Waals surface area contributed by atoms with Crippen LogP contribution in [0.3, 0.4) is 0 Å². The molecule has 4 heterocycles. The fourth-order valence-corrected chi connectivity index (χ4v) is 5.17. The van der Waals surface area contributed by atoms with Crippen molar-refractivity contribution in [3.63, 3.8) is 0 Å². The van der Waals surface area contributed by atoms with E-state index in [-0.39, 0.29) is 5.91 Å². The van der Waals surface area contributed by atoms with Crippen molar-refractivity contribution in [2.75, 3.05) is 41.3 Å². The van der Waals surface area contributed by atoms with Gasteiger partial charge in [-0.05, 0) is 73.4 Å². The maximum absolute atomic E-state index is 12.5. The van der Waals surface area contributed by atoms with Gasteiger partial charge in [-0.3, -0.25) is 19.4 Å². The summed E-state index contributed by atoms with van der Waals surface area (Å²) in [5.74, 6) is -0.723. The minimum atomic E-state index is -0.644. The van der Waals surface area contributed by atoms with Crippen molar-refractivity contribution < 1.29 is 14.4 Å². The maximum atomic E-state index is 12.5. The molecule has 0 spiro atoms. The number of pyridine rings is 1. The number of hydrogen-bond acceptors (Lipinski definition) is 5. The molecule has 172 valence electrons. The highest BCUT2D eigenvalue weighted by molar-refractivity contribution is 6.39. The highest BCUT2D eigenvalue weighted by atomic mass is 16.2. The van der Waals surface area contributed by atoms with Gasteiger partial charge in [-0.25, -0.2) is 0 Å². The van der Waals surface area contributed by atoms with Crippen molar-refractivity contribution in [2.45, 2.75) is 38.5 Å². The van der Waals surface area contributed by atoms with Crippen molar-refractivity contribution in [3.05, 3.63) is 47.8 Å². The Balaban J connectivity index is 1.14. The van der Waals surface area contributed by atoms with E-state index < -0.39 is 11.8 Å². The summed E-state index contributed by atoms with van der Waals surface area (Å²) in [6, 6.07) is 7.81. The summed E-state index contributed by atoms with van der Waals surface area (Å²) in [5, 5.41) is 5.57. The number of carbonyl (C=O) groups excluding carboxylic acids is 3. The number of nitrogens with zero attached hydrogens (tertiary/aromatic N) is 3. The molecule has 0 bridgehead atoms. The van der Waals surface area contributed by atoms with Crippen LogP contribution in [0.25, 0.3) is 0 Å². The number of piperidine rings is 1. The van der Waals surface area contributed by atoms with Crippen LogP contribution in [0.15, 0.2) is 36.7 Å². The Morgan fingerprint density at radius 1 is 1.03 bits per heavy atom. The van der Waals surface area contributed by atoms with Crippen LogP contribution in [-0.4, -0.2) is 48.9 Å². The molecule has 1 aromatic heterocycles. The third-order valence-electron chi connectivity index (χ3n) is 6.92. The fourth-order valence-electron chi connectivity index (χ4n) is 5.17. The average molecular weight is 448 g/mol. The first-order chi connectivity index (χ1) is 16.1. The van der Waals surface area contributed by atoms with Gasteiger partial charge in [-0.2, -0.15) is 0 Å². The number of anilines is 3. The van der Waals surface area contributed by atoms with Gasteiger partial charge in [0.15, 0.2) is 0 Å². The van der Waals surface area contributed by atoms with E-state index in [1.54, 1.807) is 6.20 Å². The summed E-state index contributed by atoms with van der Waals surface area (Å²) in [6.45, 7) is 3.08. The lowest BCUT2D eigenvalue weighted by Crippen LogP contribution is -2.42. The van der Waals surface area contributed by atoms with Gasteiger partial charge >= 0.3 is 11.8 Å². The zero-order chi connectivity index (χ0) is 22.8. The molecule has 0 atom stereocenters. The average Bonchev–Trinajstić information content (AvgIpc) is 2.85. The second-order valence-corrected chi connectivity index (χ2v) is 9.10. The minimum absolute atomic E-state index is 0.172. The van der Waals surface area contributed by atoms with E-state index in [0.29, 0.717) is 31.0 Å². The van der Waals surface area contributed by atoms with E-state index in [1.165, 1.54) is 0 Å². The highest BCUT2D eigenvalue weighted by Crippen LogP contribution is 2.37. The fraction of sp³-hybridized carbons (Fsp3) is 0.440. The lowest BCUT2D eigenvalue weighted by atomic mass is 9.91. The number of hydrogen-bond donors (Lipinski definition) is 2.